The molecule has 0 aliphatic rings. The molecule has 0 aromatic rings. The van der Waals surface area contributed by atoms with Crippen LogP contribution in [-0.4, -0.2) is 5.78 Å². The van der Waals surface area contributed by atoms with Crippen molar-refractivity contribution in [1.29, 1.82) is 0 Å². The van der Waals surface area contributed by atoms with Gasteiger partial charge in [0.2, 0.25) is 0 Å². The number of hydrogen-bond donors (Lipinski definition) is 0. The molecule has 0 aliphatic carbocycles. The first-order valence-electron chi connectivity index (χ1n) is 3.16. The lowest BCUT2D eigenvalue weighted by Crippen LogP contribution is -2.23. The summed E-state index contributed by atoms with van der Waals surface area (Å²) >= 11 is 0. The van der Waals surface area contributed by atoms with Gasteiger partial charge in [-0.15, -0.1) is 0 Å². The summed E-state index contributed by atoms with van der Waals surface area (Å²) < 4.78 is 0. The summed E-state index contributed by atoms with van der Waals surface area (Å²) in [4.78, 5) is 10.8. The molecule has 0 N–H and O–H groups in total. The van der Waals surface area contributed by atoms with Gasteiger partial charge in [-0.1, -0.05) is 20.8 Å². The van der Waals surface area contributed by atoms with Crippen LogP contribution in [0.5, 0.6) is 0 Å². The van der Waals surface area contributed by atoms with Crippen LogP contribution >= 0.6 is 0 Å². The molecule has 0 saturated carbocycles. The third kappa shape index (κ3) is 1.81. The molecule has 2 radical (unpaired) electrons. The van der Waals surface area contributed by atoms with Crippen LogP contribution in [0.25, 0.3) is 0 Å². The highest BCUT2D eigenvalue weighted by atomic mass is 16.1. The van der Waals surface area contributed by atoms with Gasteiger partial charge in [0.1, 0.15) is 5.78 Å². The predicted octanol–water partition coefficient (Wildman–Crippen LogP) is 2.03. The average molecular weight is 126 g/mol. The molecule has 1 nitrogen and oxygen atoms in total. The third-order valence-electron chi connectivity index (χ3n) is 1.95. The van der Waals surface area contributed by atoms with Crippen LogP contribution in [0.3, 0.4) is 0 Å². The normalized spacial score (nSPS) is 11.6. The highest BCUT2D eigenvalue weighted by Gasteiger charge is 2.24. The Bertz CT molecular complexity index is 101. The minimum Gasteiger partial charge on any atom is -0.299 e. The molecule has 0 saturated heterocycles. The number of carbonyl (C=O) groups excluding carboxylic acids is 1. The molecule has 9 heavy (non-hydrogen) atoms. The number of hydrogen-bond acceptors (Lipinski definition) is 1. The van der Waals surface area contributed by atoms with E-state index in [-0.39, 0.29) is 11.2 Å². The molecule has 0 heterocycles. The van der Waals surface area contributed by atoms with Crippen molar-refractivity contribution >= 4 is 5.78 Å². The van der Waals surface area contributed by atoms with Crippen molar-refractivity contribution in [2.45, 2.75) is 26.7 Å². The molecule has 1 heteroatoms. The summed E-state index contributed by atoms with van der Waals surface area (Å²) in [6.45, 7) is 10.9. The first-order valence-corrected chi connectivity index (χ1v) is 3.16. The Hall–Kier alpha value is -0.330. The lowest BCUT2D eigenvalue weighted by atomic mass is 9.81. The second-order valence-corrected chi connectivity index (χ2v) is 2.62. The van der Waals surface area contributed by atoms with Crippen molar-refractivity contribution < 1.29 is 4.79 Å². The Labute approximate surface area is 57.5 Å². The number of ketones is 1. The van der Waals surface area contributed by atoms with Crippen molar-refractivity contribution in [1.82, 2.24) is 0 Å². The molecule has 0 aliphatic heterocycles. The number of rotatable bonds is 3. The molecule has 0 unspecified atom stereocenters. The van der Waals surface area contributed by atoms with Crippen LogP contribution in [0, 0.1) is 19.3 Å². The van der Waals surface area contributed by atoms with Crippen molar-refractivity contribution in [2.75, 3.05) is 0 Å². The molecule has 0 amide bonds. The molecule has 52 valence electrons. The van der Waals surface area contributed by atoms with E-state index in [1.807, 2.05) is 6.92 Å². The van der Waals surface area contributed by atoms with Gasteiger partial charge in [-0.2, -0.15) is 0 Å². The van der Waals surface area contributed by atoms with Crippen molar-refractivity contribution in [3.8, 4) is 0 Å². The minimum absolute atomic E-state index is 0.188. The number of Topliss-reactive ketones (excluding diaryl/α,β-unsaturated/α-hetero) is 1. The fraction of sp³-hybridized carbons (Fsp3) is 0.625. The maximum absolute atomic E-state index is 10.8. The van der Waals surface area contributed by atoms with E-state index in [2.05, 4.69) is 13.8 Å². The Morgan fingerprint density at radius 2 is 1.78 bits per heavy atom. The van der Waals surface area contributed by atoms with Crippen molar-refractivity contribution in [3.63, 3.8) is 0 Å². The molecular weight excluding hydrogens is 112 g/mol. The Kier molecular flexibility index (Phi) is 2.89. The van der Waals surface area contributed by atoms with Gasteiger partial charge in [0.05, 0.1) is 0 Å². The van der Waals surface area contributed by atoms with E-state index in [0.29, 0.717) is 12.8 Å². The van der Waals surface area contributed by atoms with Gasteiger partial charge >= 0.3 is 0 Å². The molecular formula is C8H14O. The Balaban J connectivity index is 4.09. The minimum atomic E-state index is -0.278. The second kappa shape index (κ2) is 3.00. The van der Waals surface area contributed by atoms with Crippen LogP contribution in [-0.2, 0) is 4.79 Å². The van der Waals surface area contributed by atoms with Crippen LogP contribution in [0.2, 0.25) is 0 Å². The quantitative estimate of drug-likeness (QED) is 0.565. The van der Waals surface area contributed by atoms with Gasteiger partial charge < -0.3 is 0 Å². The van der Waals surface area contributed by atoms with E-state index < -0.39 is 0 Å². The van der Waals surface area contributed by atoms with Gasteiger partial charge in [0, 0.05) is 5.41 Å². The fourth-order valence-corrected chi connectivity index (χ4v) is 0.477. The average Bonchev–Trinajstić information content (AvgIpc) is 1.86. The summed E-state index contributed by atoms with van der Waals surface area (Å²) in [5, 5.41) is 0. The van der Waals surface area contributed by atoms with Gasteiger partial charge in [-0.25, -0.2) is 0 Å². The zero-order valence-corrected chi connectivity index (χ0v) is 6.24. The van der Waals surface area contributed by atoms with E-state index in [4.69, 9.17) is 0 Å². The van der Waals surface area contributed by atoms with Gasteiger partial charge in [0.25, 0.3) is 0 Å². The largest absolute Gasteiger partial charge is 0.299 e. The monoisotopic (exact) mass is 126 g/mol. The highest BCUT2D eigenvalue weighted by Crippen LogP contribution is 2.25. The molecule has 0 aromatic carbocycles. The van der Waals surface area contributed by atoms with E-state index in [1.54, 1.807) is 6.92 Å². The van der Waals surface area contributed by atoms with Gasteiger partial charge in [0.15, 0.2) is 0 Å². The SMILES string of the molecule is [CH2]CC(C)(C[CH2])C(C)=O. The summed E-state index contributed by atoms with van der Waals surface area (Å²) in [7, 11) is 0. The Morgan fingerprint density at radius 1 is 1.44 bits per heavy atom. The third-order valence-corrected chi connectivity index (χ3v) is 1.95. The molecule has 0 spiro atoms. The molecule has 0 rings (SSSR count). The summed E-state index contributed by atoms with van der Waals surface area (Å²) in [6.07, 6.45) is 1.29. The van der Waals surface area contributed by atoms with Crippen LogP contribution < -0.4 is 0 Å². The maximum atomic E-state index is 10.8. The lowest BCUT2D eigenvalue weighted by Gasteiger charge is -2.21. The molecule has 0 atom stereocenters. The van der Waals surface area contributed by atoms with Crippen LogP contribution in [0.15, 0.2) is 0 Å². The van der Waals surface area contributed by atoms with E-state index >= 15 is 0 Å². The first kappa shape index (κ1) is 8.67. The fourth-order valence-electron chi connectivity index (χ4n) is 0.477. The molecule has 0 bridgehead atoms. The maximum Gasteiger partial charge on any atom is 0.135 e. The zero-order chi connectivity index (χ0) is 7.49. The Morgan fingerprint density at radius 3 is 1.78 bits per heavy atom. The predicted molar refractivity (Wildman–Crippen MR) is 38.7 cm³/mol. The van der Waals surface area contributed by atoms with Crippen molar-refractivity contribution in [2.24, 2.45) is 5.41 Å². The van der Waals surface area contributed by atoms with E-state index in [9.17, 15) is 4.79 Å². The van der Waals surface area contributed by atoms with E-state index in [0.717, 1.165) is 0 Å². The van der Waals surface area contributed by atoms with Gasteiger partial charge in [-0.05, 0) is 19.8 Å². The standard InChI is InChI=1S/C8H14O/c1-5-8(4,6-2)7(3)9/h1-2,5-6H2,3-4H3. The number of carbonyl (C=O) groups is 1. The van der Waals surface area contributed by atoms with Crippen LogP contribution in [0.1, 0.15) is 26.7 Å². The second-order valence-electron chi connectivity index (χ2n) is 2.62. The summed E-state index contributed by atoms with van der Waals surface area (Å²) in [6, 6.07) is 0. The smallest absolute Gasteiger partial charge is 0.135 e. The zero-order valence-electron chi connectivity index (χ0n) is 6.24. The summed E-state index contributed by atoms with van der Waals surface area (Å²) in [5.74, 6) is 0.188. The highest BCUT2D eigenvalue weighted by molar-refractivity contribution is 5.81. The van der Waals surface area contributed by atoms with E-state index in [1.165, 1.54) is 0 Å². The summed E-state index contributed by atoms with van der Waals surface area (Å²) in [5.41, 5.74) is -0.278. The first-order chi connectivity index (χ1) is 4.06. The van der Waals surface area contributed by atoms with Crippen molar-refractivity contribution in [3.05, 3.63) is 13.8 Å². The van der Waals surface area contributed by atoms with Gasteiger partial charge in [-0.3, -0.25) is 4.79 Å². The molecule has 0 fully saturated rings. The van der Waals surface area contributed by atoms with Crippen LogP contribution in [0.4, 0.5) is 0 Å². The lowest BCUT2D eigenvalue weighted by molar-refractivity contribution is -0.125. The molecule has 0 aromatic heterocycles. The topological polar surface area (TPSA) is 17.1 Å².